The molecular formula is C15H22ClN3O3. The third-order valence-electron chi connectivity index (χ3n) is 3.34. The molecule has 1 unspecified atom stereocenters. The lowest BCUT2D eigenvalue weighted by atomic mass is 9.89. The van der Waals surface area contributed by atoms with Gasteiger partial charge in [-0.1, -0.05) is 18.2 Å². The van der Waals surface area contributed by atoms with E-state index >= 15 is 0 Å². The lowest BCUT2D eigenvalue weighted by Gasteiger charge is -2.37. The minimum Gasteiger partial charge on any atom is -0.487 e. The first-order valence-electron chi connectivity index (χ1n) is 6.95. The van der Waals surface area contributed by atoms with E-state index in [0.717, 1.165) is 11.3 Å². The Kier molecular flexibility index (Phi) is 6.20. The molecule has 2 rings (SSSR count). The largest absolute Gasteiger partial charge is 0.487 e. The van der Waals surface area contributed by atoms with E-state index in [4.69, 9.17) is 10.5 Å². The fourth-order valence-corrected chi connectivity index (χ4v) is 2.43. The molecule has 0 aliphatic carbocycles. The number of nitrogens with two attached hydrogens (primary N) is 1. The zero-order chi connectivity index (χ0) is 15.5. The van der Waals surface area contributed by atoms with Crippen molar-refractivity contribution in [1.82, 2.24) is 10.6 Å². The number of para-hydroxylation sites is 1. The molecule has 22 heavy (non-hydrogen) atoms. The minimum atomic E-state index is -0.354. The summed E-state index contributed by atoms with van der Waals surface area (Å²) in [6, 6.07) is 7.52. The third kappa shape index (κ3) is 4.61. The topological polar surface area (TPSA) is 93.5 Å². The van der Waals surface area contributed by atoms with E-state index in [-0.39, 0.29) is 49.0 Å². The molecule has 122 valence electrons. The Morgan fingerprint density at radius 2 is 2.00 bits per heavy atom. The van der Waals surface area contributed by atoms with Crippen molar-refractivity contribution in [2.75, 3.05) is 13.1 Å². The Bertz CT molecular complexity index is 549. The number of carbonyl (C=O) groups is 2. The highest BCUT2D eigenvalue weighted by atomic mass is 35.5. The molecule has 0 spiro atoms. The predicted molar refractivity (Wildman–Crippen MR) is 86.0 cm³/mol. The van der Waals surface area contributed by atoms with Crippen molar-refractivity contribution in [1.29, 1.82) is 0 Å². The molecule has 0 bridgehead atoms. The van der Waals surface area contributed by atoms with Crippen LogP contribution in [0.3, 0.4) is 0 Å². The summed E-state index contributed by atoms with van der Waals surface area (Å²) in [5.74, 6) is 0.192. The number of benzene rings is 1. The number of halogens is 1. The highest BCUT2D eigenvalue weighted by molar-refractivity contribution is 5.86. The minimum absolute atomic E-state index is 0. The molecule has 1 aliphatic heterocycles. The summed E-state index contributed by atoms with van der Waals surface area (Å²) in [6.45, 7) is 3.77. The molecule has 6 nitrogen and oxygen atoms in total. The van der Waals surface area contributed by atoms with Crippen molar-refractivity contribution in [3.05, 3.63) is 29.8 Å². The van der Waals surface area contributed by atoms with Gasteiger partial charge in [0.05, 0.1) is 19.1 Å². The van der Waals surface area contributed by atoms with Crippen LogP contribution in [0, 0.1) is 0 Å². The quantitative estimate of drug-likeness (QED) is 0.766. The summed E-state index contributed by atoms with van der Waals surface area (Å²) in [5, 5.41) is 5.39. The second-order valence-electron chi connectivity index (χ2n) is 5.70. The molecule has 1 heterocycles. The first-order chi connectivity index (χ1) is 9.91. The number of hydrogen-bond acceptors (Lipinski definition) is 4. The van der Waals surface area contributed by atoms with Gasteiger partial charge in [0, 0.05) is 12.0 Å². The molecule has 1 aromatic carbocycles. The standard InChI is InChI=1S/C15H21N3O3.ClH/c1-15(2)7-11(10-5-3-4-6-12(10)21-15)18-14(20)9-17-13(19)8-16;/h3-6,11H,7-9,16H2,1-2H3,(H,17,19)(H,18,20);1H. The number of hydrogen-bond donors (Lipinski definition) is 3. The summed E-state index contributed by atoms with van der Waals surface area (Å²) < 4.78 is 5.91. The number of fused-ring (bicyclic) bond motifs is 1. The Labute approximate surface area is 136 Å². The Hall–Kier alpha value is -1.79. The lowest BCUT2D eigenvalue weighted by molar-refractivity contribution is -0.126. The van der Waals surface area contributed by atoms with Gasteiger partial charge in [0.2, 0.25) is 11.8 Å². The molecule has 0 saturated heterocycles. The maximum Gasteiger partial charge on any atom is 0.239 e. The number of rotatable bonds is 4. The van der Waals surface area contributed by atoms with Crippen molar-refractivity contribution in [3.63, 3.8) is 0 Å². The molecule has 0 fully saturated rings. The van der Waals surface area contributed by atoms with Gasteiger partial charge in [-0.2, -0.15) is 0 Å². The maximum absolute atomic E-state index is 11.9. The molecule has 0 saturated carbocycles. The van der Waals surface area contributed by atoms with Crippen molar-refractivity contribution >= 4 is 24.2 Å². The predicted octanol–water partition coefficient (Wildman–Crippen LogP) is 0.902. The molecule has 0 radical (unpaired) electrons. The third-order valence-corrected chi connectivity index (χ3v) is 3.34. The average Bonchev–Trinajstić information content (AvgIpc) is 2.43. The van der Waals surface area contributed by atoms with Crippen LogP contribution in [-0.4, -0.2) is 30.5 Å². The molecule has 7 heteroatoms. The van der Waals surface area contributed by atoms with Crippen LogP contribution in [-0.2, 0) is 9.59 Å². The summed E-state index contributed by atoms with van der Waals surface area (Å²) >= 11 is 0. The van der Waals surface area contributed by atoms with Gasteiger partial charge in [-0.15, -0.1) is 12.4 Å². The molecule has 1 aliphatic rings. The average molecular weight is 328 g/mol. The molecule has 1 aromatic rings. The zero-order valence-corrected chi connectivity index (χ0v) is 13.5. The summed E-state index contributed by atoms with van der Waals surface area (Å²) in [5.41, 5.74) is 5.78. The first kappa shape index (κ1) is 18.3. The first-order valence-corrected chi connectivity index (χ1v) is 6.95. The van der Waals surface area contributed by atoms with E-state index in [1.165, 1.54) is 0 Å². The summed E-state index contributed by atoms with van der Waals surface area (Å²) in [6.07, 6.45) is 0.667. The van der Waals surface area contributed by atoms with Gasteiger partial charge in [0.25, 0.3) is 0 Å². The van der Waals surface area contributed by atoms with Crippen molar-refractivity contribution < 1.29 is 14.3 Å². The Morgan fingerprint density at radius 1 is 1.32 bits per heavy atom. The van der Waals surface area contributed by atoms with E-state index in [9.17, 15) is 9.59 Å². The molecular weight excluding hydrogens is 306 g/mol. The van der Waals surface area contributed by atoms with Crippen LogP contribution in [0.2, 0.25) is 0 Å². The van der Waals surface area contributed by atoms with E-state index in [0.29, 0.717) is 6.42 Å². The number of amides is 2. The van der Waals surface area contributed by atoms with Crippen LogP contribution in [0.4, 0.5) is 0 Å². The second-order valence-corrected chi connectivity index (χ2v) is 5.70. The van der Waals surface area contributed by atoms with E-state index in [1.54, 1.807) is 0 Å². The van der Waals surface area contributed by atoms with Crippen LogP contribution in [0.5, 0.6) is 5.75 Å². The SMILES string of the molecule is CC1(C)CC(NC(=O)CNC(=O)CN)c2ccccc2O1.Cl. The van der Waals surface area contributed by atoms with E-state index in [2.05, 4.69) is 10.6 Å². The highest BCUT2D eigenvalue weighted by Gasteiger charge is 2.34. The summed E-state index contributed by atoms with van der Waals surface area (Å²) in [4.78, 5) is 23.0. The summed E-state index contributed by atoms with van der Waals surface area (Å²) in [7, 11) is 0. The van der Waals surface area contributed by atoms with Crippen molar-refractivity contribution in [2.45, 2.75) is 31.9 Å². The highest BCUT2D eigenvalue weighted by Crippen LogP contribution is 2.39. The normalized spacial score (nSPS) is 18.2. The van der Waals surface area contributed by atoms with Gasteiger partial charge in [-0.05, 0) is 19.9 Å². The number of carbonyl (C=O) groups excluding carboxylic acids is 2. The van der Waals surface area contributed by atoms with E-state index in [1.807, 2.05) is 38.1 Å². The van der Waals surface area contributed by atoms with Gasteiger partial charge in [0.15, 0.2) is 0 Å². The number of ether oxygens (including phenoxy) is 1. The maximum atomic E-state index is 11.9. The molecule has 2 amide bonds. The van der Waals surface area contributed by atoms with Crippen molar-refractivity contribution in [2.24, 2.45) is 5.73 Å². The monoisotopic (exact) mass is 327 g/mol. The second kappa shape index (κ2) is 7.47. The zero-order valence-electron chi connectivity index (χ0n) is 12.7. The Balaban J connectivity index is 0.00000242. The van der Waals surface area contributed by atoms with Crippen LogP contribution in [0.1, 0.15) is 31.9 Å². The van der Waals surface area contributed by atoms with Crippen molar-refractivity contribution in [3.8, 4) is 5.75 Å². The smallest absolute Gasteiger partial charge is 0.239 e. The molecule has 0 aromatic heterocycles. The van der Waals surface area contributed by atoms with Gasteiger partial charge in [0.1, 0.15) is 11.4 Å². The van der Waals surface area contributed by atoms with Gasteiger partial charge in [-0.25, -0.2) is 0 Å². The molecule has 1 atom stereocenters. The van der Waals surface area contributed by atoms with Crippen LogP contribution >= 0.6 is 12.4 Å². The van der Waals surface area contributed by atoms with Gasteiger partial charge < -0.3 is 21.1 Å². The van der Waals surface area contributed by atoms with Gasteiger partial charge in [-0.3, -0.25) is 9.59 Å². The molecule has 4 N–H and O–H groups in total. The fourth-order valence-electron chi connectivity index (χ4n) is 2.43. The lowest BCUT2D eigenvalue weighted by Crippen LogP contribution is -2.45. The Morgan fingerprint density at radius 3 is 2.68 bits per heavy atom. The van der Waals surface area contributed by atoms with E-state index < -0.39 is 0 Å². The van der Waals surface area contributed by atoms with Crippen LogP contribution in [0.15, 0.2) is 24.3 Å². The fraction of sp³-hybridized carbons (Fsp3) is 0.467. The van der Waals surface area contributed by atoms with Crippen LogP contribution < -0.4 is 21.1 Å². The van der Waals surface area contributed by atoms with Crippen LogP contribution in [0.25, 0.3) is 0 Å². The number of nitrogens with one attached hydrogen (secondary N) is 2. The van der Waals surface area contributed by atoms with Gasteiger partial charge >= 0.3 is 0 Å².